The van der Waals surface area contributed by atoms with Crippen LogP contribution >= 0.6 is 0 Å². The standard InChI is InChI=1S/C8H16N2O2/c1-8(2,3)12-7(11)10-4-6(9)5-10/h6H,4-5,9H2,1-3H3/p+1. The van der Waals surface area contributed by atoms with Crippen LogP contribution in [0, 0.1) is 0 Å². The van der Waals surface area contributed by atoms with Crippen molar-refractivity contribution in [2.75, 3.05) is 13.1 Å². The Balaban J connectivity index is 2.30. The van der Waals surface area contributed by atoms with Crippen LogP contribution in [-0.2, 0) is 4.74 Å². The van der Waals surface area contributed by atoms with Gasteiger partial charge in [-0.3, -0.25) is 4.90 Å². The second-order valence-corrected chi connectivity index (χ2v) is 4.25. The third-order valence-electron chi connectivity index (χ3n) is 1.61. The average molecular weight is 173 g/mol. The molecular weight excluding hydrogens is 156 g/mol. The zero-order valence-electron chi connectivity index (χ0n) is 7.96. The van der Waals surface area contributed by atoms with Crippen LogP contribution in [-0.4, -0.2) is 35.7 Å². The zero-order chi connectivity index (χ0) is 9.35. The number of carbonyl (C=O) groups excluding carboxylic acids is 1. The highest BCUT2D eigenvalue weighted by molar-refractivity contribution is 5.69. The maximum atomic E-state index is 11.3. The van der Waals surface area contributed by atoms with Gasteiger partial charge >= 0.3 is 6.09 Å². The summed E-state index contributed by atoms with van der Waals surface area (Å²) in [6.45, 7) is 7.06. The van der Waals surface area contributed by atoms with Gasteiger partial charge in [0.1, 0.15) is 11.6 Å². The van der Waals surface area contributed by atoms with Gasteiger partial charge < -0.3 is 10.5 Å². The lowest BCUT2D eigenvalue weighted by atomic mass is 10.1. The van der Waals surface area contributed by atoms with E-state index in [1.807, 2.05) is 20.8 Å². The van der Waals surface area contributed by atoms with Gasteiger partial charge in [-0.15, -0.1) is 0 Å². The monoisotopic (exact) mass is 173 g/mol. The van der Waals surface area contributed by atoms with Crippen molar-refractivity contribution in [1.82, 2.24) is 4.90 Å². The van der Waals surface area contributed by atoms with Gasteiger partial charge in [0.25, 0.3) is 0 Å². The highest BCUT2D eigenvalue weighted by atomic mass is 16.6. The quantitative estimate of drug-likeness (QED) is 0.553. The molecule has 1 fully saturated rings. The van der Waals surface area contributed by atoms with Crippen molar-refractivity contribution < 1.29 is 15.3 Å². The van der Waals surface area contributed by atoms with Gasteiger partial charge in [-0.1, -0.05) is 0 Å². The van der Waals surface area contributed by atoms with Gasteiger partial charge in [-0.25, -0.2) is 4.79 Å². The maximum absolute atomic E-state index is 11.3. The van der Waals surface area contributed by atoms with Crippen LogP contribution in [0.4, 0.5) is 4.79 Å². The van der Waals surface area contributed by atoms with E-state index in [-0.39, 0.29) is 11.7 Å². The lowest BCUT2D eigenvalue weighted by molar-refractivity contribution is -0.441. The van der Waals surface area contributed by atoms with E-state index in [2.05, 4.69) is 5.73 Å². The second kappa shape index (κ2) is 2.94. The summed E-state index contributed by atoms with van der Waals surface area (Å²) in [5, 5.41) is 0. The molecule has 0 bridgehead atoms. The SMILES string of the molecule is CC(C)(C)OC(=O)N1CC([NH3+])C1. The summed E-state index contributed by atoms with van der Waals surface area (Å²) in [4.78, 5) is 12.9. The third-order valence-corrected chi connectivity index (χ3v) is 1.61. The normalized spacial score (nSPS) is 18.8. The third kappa shape index (κ3) is 2.37. The minimum atomic E-state index is -0.386. The molecule has 4 heteroatoms. The van der Waals surface area contributed by atoms with E-state index in [0.29, 0.717) is 6.04 Å². The Hall–Kier alpha value is -0.770. The molecular formula is C8H17N2O2+. The molecule has 1 saturated heterocycles. The molecule has 0 aromatic carbocycles. The van der Waals surface area contributed by atoms with Crippen molar-refractivity contribution in [3.63, 3.8) is 0 Å². The highest BCUT2D eigenvalue weighted by Crippen LogP contribution is 2.13. The molecule has 3 N–H and O–H groups in total. The van der Waals surface area contributed by atoms with Crippen molar-refractivity contribution in [1.29, 1.82) is 0 Å². The summed E-state index contributed by atoms with van der Waals surface area (Å²) in [6.07, 6.45) is -0.220. The number of hydrogen-bond acceptors (Lipinski definition) is 2. The Bertz CT molecular complexity index is 180. The summed E-state index contributed by atoms with van der Waals surface area (Å²) in [7, 11) is 0. The van der Waals surface area contributed by atoms with E-state index in [4.69, 9.17) is 4.74 Å². The number of quaternary nitrogens is 1. The predicted octanol–water partition coefficient (Wildman–Crippen LogP) is -0.152. The number of hydrogen-bond donors (Lipinski definition) is 1. The molecule has 0 unspecified atom stereocenters. The highest BCUT2D eigenvalue weighted by Gasteiger charge is 2.33. The van der Waals surface area contributed by atoms with Crippen molar-refractivity contribution >= 4 is 6.09 Å². The number of likely N-dealkylation sites (tertiary alicyclic amines) is 1. The summed E-state index contributed by atoms with van der Waals surface area (Å²) < 4.78 is 5.15. The van der Waals surface area contributed by atoms with Gasteiger partial charge in [0.05, 0.1) is 13.1 Å². The van der Waals surface area contributed by atoms with E-state index in [1.165, 1.54) is 0 Å². The Morgan fingerprint density at radius 3 is 2.33 bits per heavy atom. The van der Waals surface area contributed by atoms with Gasteiger partial charge in [0.2, 0.25) is 0 Å². The lowest BCUT2D eigenvalue weighted by Gasteiger charge is -2.35. The van der Waals surface area contributed by atoms with Gasteiger partial charge in [-0.2, -0.15) is 0 Å². The average Bonchev–Trinajstić information content (AvgIpc) is 1.76. The number of amides is 1. The Labute approximate surface area is 72.7 Å². The molecule has 12 heavy (non-hydrogen) atoms. The van der Waals surface area contributed by atoms with Crippen LogP contribution < -0.4 is 5.73 Å². The van der Waals surface area contributed by atoms with Gasteiger partial charge in [0, 0.05) is 0 Å². The fourth-order valence-corrected chi connectivity index (χ4v) is 1.05. The topological polar surface area (TPSA) is 57.2 Å². The maximum Gasteiger partial charge on any atom is 0.410 e. The number of ether oxygens (including phenoxy) is 1. The number of carbonyl (C=O) groups is 1. The van der Waals surface area contributed by atoms with Crippen molar-refractivity contribution in [3.05, 3.63) is 0 Å². The zero-order valence-corrected chi connectivity index (χ0v) is 7.96. The van der Waals surface area contributed by atoms with Crippen molar-refractivity contribution in [2.24, 2.45) is 0 Å². The molecule has 1 aliphatic rings. The fraction of sp³-hybridized carbons (Fsp3) is 0.875. The molecule has 1 rings (SSSR count). The van der Waals surface area contributed by atoms with Crippen molar-refractivity contribution in [3.8, 4) is 0 Å². The molecule has 0 atom stereocenters. The molecule has 0 aromatic rings. The molecule has 1 aliphatic heterocycles. The Kier molecular flexibility index (Phi) is 2.28. The number of rotatable bonds is 0. The molecule has 1 heterocycles. The Morgan fingerprint density at radius 1 is 1.50 bits per heavy atom. The van der Waals surface area contributed by atoms with Crippen LogP contribution in [0.15, 0.2) is 0 Å². The second-order valence-electron chi connectivity index (χ2n) is 4.25. The minimum Gasteiger partial charge on any atom is -0.444 e. The molecule has 4 nitrogen and oxygen atoms in total. The molecule has 0 aliphatic carbocycles. The molecule has 1 amide bonds. The van der Waals surface area contributed by atoms with E-state index in [0.717, 1.165) is 13.1 Å². The number of nitrogens with zero attached hydrogens (tertiary/aromatic N) is 1. The van der Waals surface area contributed by atoms with E-state index < -0.39 is 0 Å². The van der Waals surface area contributed by atoms with Crippen LogP contribution in [0.25, 0.3) is 0 Å². The van der Waals surface area contributed by atoms with E-state index in [1.54, 1.807) is 4.90 Å². The van der Waals surface area contributed by atoms with Gasteiger partial charge in [-0.05, 0) is 20.8 Å². The Morgan fingerprint density at radius 2 is 2.00 bits per heavy atom. The van der Waals surface area contributed by atoms with Crippen LogP contribution in [0.2, 0.25) is 0 Å². The lowest BCUT2D eigenvalue weighted by Crippen LogP contribution is -2.76. The summed E-state index contributed by atoms with van der Waals surface area (Å²) in [6, 6.07) is 0.387. The molecule has 0 aromatic heterocycles. The van der Waals surface area contributed by atoms with Crippen LogP contribution in [0.1, 0.15) is 20.8 Å². The summed E-state index contributed by atoms with van der Waals surface area (Å²) >= 11 is 0. The largest absolute Gasteiger partial charge is 0.444 e. The first-order chi connectivity index (χ1) is 5.38. The van der Waals surface area contributed by atoms with Gasteiger partial charge in [0.15, 0.2) is 0 Å². The van der Waals surface area contributed by atoms with E-state index >= 15 is 0 Å². The predicted molar refractivity (Wildman–Crippen MR) is 44.5 cm³/mol. The smallest absolute Gasteiger partial charge is 0.410 e. The van der Waals surface area contributed by atoms with Crippen LogP contribution in [0.3, 0.4) is 0 Å². The fourth-order valence-electron chi connectivity index (χ4n) is 1.05. The molecule has 0 spiro atoms. The molecule has 0 radical (unpaired) electrons. The minimum absolute atomic E-state index is 0.220. The molecule has 70 valence electrons. The summed E-state index contributed by atoms with van der Waals surface area (Å²) in [5.41, 5.74) is 3.44. The molecule has 0 saturated carbocycles. The first-order valence-electron chi connectivity index (χ1n) is 4.19. The van der Waals surface area contributed by atoms with Crippen LogP contribution in [0.5, 0.6) is 0 Å². The van der Waals surface area contributed by atoms with E-state index in [9.17, 15) is 4.79 Å². The summed E-state index contributed by atoms with van der Waals surface area (Å²) in [5.74, 6) is 0. The van der Waals surface area contributed by atoms with Crippen molar-refractivity contribution in [2.45, 2.75) is 32.4 Å². The first kappa shape index (κ1) is 9.32. The first-order valence-corrected chi connectivity index (χ1v) is 4.19.